The summed E-state index contributed by atoms with van der Waals surface area (Å²) in [5.41, 5.74) is 5.24. The number of hydrogen-bond acceptors (Lipinski definition) is 6. The van der Waals surface area contributed by atoms with Crippen molar-refractivity contribution in [3.63, 3.8) is 0 Å². The number of hydrogen-bond donors (Lipinski definition) is 1. The molecule has 0 aliphatic carbocycles. The maximum absolute atomic E-state index is 13.6. The van der Waals surface area contributed by atoms with Crippen LogP contribution in [-0.2, 0) is 16.0 Å². The summed E-state index contributed by atoms with van der Waals surface area (Å²) in [6.45, 7) is 8.63. The Hall–Kier alpha value is -3.97. The Morgan fingerprint density at radius 1 is 1.05 bits per heavy atom. The van der Waals surface area contributed by atoms with Crippen LogP contribution in [0.1, 0.15) is 54.1 Å². The highest BCUT2D eigenvalue weighted by atomic mass is 32.1. The maximum atomic E-state index is 13.6. The number of amides is 1. The molecule has 1 unspecified atom stereocenters. The van der Waals surface area contributed by atoms with Gasteiger partial charge in [0.25, 0.3) is 5.78 Å². The van der Waals surface area contributed by atoms with E-state index < -0.39 is 17.7 Å². The third-order valence-electron chi connectivity index (χ3n) is 6.75. The number of anilines is 1. The van der Waals surface area contributed by atoms with Crippen LogP contribution in [-0.4, -0.2) is 28.4 Å². The molecule has 6 nitrogen and oxygen atoms in total. The topological polar surface area (TPSA) is 79.7 Å². The summed E-state index contributed by atoms with van der Waals surface area (Å²) in [5, 5.41) is 11.9. The smallest absolute Gasteiger partial charge is 0.301 e. The lowest BCUT2D eigenvalue weighted by atomic mass is 9.94. The van der Waals surface area contributed by atoms with Gasteiger partial charge in [-0.25, -0.2) is 4.98 Å². The van der Waals surface area contributed by atoms with E-state index in [9.17, 15) is 14.7 Å². The lowest BCUT2D eigenvalue weighted by Crippen LogP contribution is -2.29. The van der Waals surface area contributed by atoms with Gasteiger partial charge in [-0.1, -0.05) is 67.6 Å². The van der Waals surface area contributed by atoms with Gasteiger partial charge in [0.2, 0.25) is 0 Å². The van der Waals surface area contributed by atoms with Gasteiger partial charge in [-0.15, -0.1) is 0 Å². The minimum absolute atomic E-state index is 0.0408. The number of fused-ring (bicyclic) bond motifs is 1. The van der Waals surface area contributed by atoms with Gasteiger partial charge < -0.3 is 9.84 Å². The lowest BCUT2D eigenvalue weighted by Gasteiger charge is -2.23. The fourth-order valence-corrected chi connectivity index (χ4v) is 6.02. The lowest BCUT2D eigenvalue weighted by molar-refractivity contribution is -0.132. The molecule has 4 aromatic rings. The summed E-state index contributed by atoms with van der Waals surface area (Å²) in [6.07, 6.45) is 1.71. The van der Waals surface area contributed by atoms with Gasteiger partial charge in [0.15, 0.2) is 5.13 Å². The quantitative estimate of drug-likeness (QED) is 0.161. The summed E-state index contributed by atoms with van der Waals surface area (Å²) >= 11 is 1.37. The zero-order chi connectivity index (χ0) is 27.0. The predicted molar refractivity (Wildman–Crippen MR) is 152 cm³/mol. The first kappa shape index (κ1) is 25.7. The maximum Gasteiger partial charge on any atom is 0.301 e. The minimum Gasteiger partial charge on any atom is -0.507 e. The zero-order valence-corrected chi connectivity index (χ0v) is 22.8. The Balaban J connectivity index is 1.69. The van der Waals surface area contributed by atoms with E-state index in [4.69, 9.17) is 9.72 Å². The fraction of sp³-hybridized carbons (Fsp3) is 0.258. The second-order valence-corrected chi connectivity index (χ2v) is 10.6. The number of thiazole rings is 1. The largest absolute Gasteiger partial charge is 0.507 e. The highest BCUT2D eigenvalue weighted by Crippen LogP contribution is 2.45. The molecule has 1 aliphatic heterocycles. The average molecular weight is 527 g/mol. The highest BCUT2D eigenvalue weighted by molar-refractivity contribution is 7.22. The molecule has 3 aromatic carbocycles. The summed E-state index contributed by atoms with van der Waals surface area (Å²) in [5.74, 6) is -1.08. The average Bonchev–Trinajstić information content (AvgIpc) is 3.45. The second kappa shape index (κ2) is 10.4. The van der Waals surface area contributed by atoms with Gasteiger partial charge >= 0.3 is 5.91 Å². The number of carbonyl (C=O) groups excluding carboxylic acids is 2. The number of nitrogens with zero attached hydrogens (tertiary/aromatic N) is 2. The summed E-state index contributed by atoms with van der Waals surface area (Å²) < 4.78 is 6.68. The molecule has 1 saturated heterocycles. The standard InChI is InChI=1S/C31H30N2O4S/c1-5-14-37-23-9-7-8-22(17-23)28(34)25-27(21-12-10-20(6-2)11-13-21)33(30(36)29(25)35)31-32-26-19(4)15-18(3)16-24(26)38-31/h7-13,15-17,27,34H,5-6,14H2,1-4H3/b28-25+. The first-order chi connectivity index (χ1) is 18.3. The fourth-order valence-electron chi connectivity index (χ4n) is 4.85. The molecule has 0 radical (unpaired) electrons. The Labute approximate surface area is 226 Å². The Morgan fingerprint density at radius 3 is 2.53 bits per heavy atom. The van der Waals surface area contributed by atoms with Gasteiger partial charge in [0.05, 0.1) is 28.4 Å². The molecule has 0 spiro atoms. The SMILES string of the molecule is CCCOc1cccc(/C(O)=C2\C(=O)C(=O)N(c3nc4c(C)cc(C)cc4s3)C2c2ccc(CC)cc2)c1. The van der Waals surface area contributed by atoms with Crippen molar-refractivity contribution in [2.45, 2.75) is 46.6 Å². The summed E-state index contributed by atoms with van der Waals surface area (Å²) in [6, 6.07) is 18.0. The number of aromatic nitrogens is 1. The third-order valence-corrected chi connectivity index (χ3v) is 7.75. The van der Waals surface area contributed by atoms with Gasteiger partial charge in [-0.3, -0.25) is 14.5 Å². The van der Waals surface area contributed by atoms with E-state index in [2.05, 4.69) is 13.0 Å². The Bertz CT molecular complexity index is 1570. The Kier molecular flexibility index (Phi) is 7.04. The van der Waals surface area contributed by atoms with Crippen molar-refractivity contribution in [3.05, 3.63) is 94.1 Å². The van der Waals surface area contributed by atoms with Gasteiger partial charge in [-0.2, -0.15) is 0 Å². The molecule has 1 aliphatic rings. The van der Waals surface area contributed by atoms with Gasteiger partial charge in [0.1, 0.15) is 11.5 Å². The summed E-state index contributed by atoms with van der Waals surface area (Å²) in [7, 11) is 0. The van der Waals surface area contributed by atoms with Crippen LogP contribution in [0.3, 0.4) is 0 Å². The number of Topliss-reactive ketones (excluding diaryl/α,β-unsaturated/α-hetero) is 1. The van der Waals surface area contributed by atoms with Crippen molar-refractivity contribution in [1.29, 1.82) is 0 Å². The van der Waals surface area contributed by atoms with Crippen molar-refractivity contribution >= 4 is 44.1 Å². The van der Waals surface area contributed by atoms with Crippen LogP contribution in [0.25, 0.3) is 16.0 Å². The van der Waals surface area contributed by atoms with Crippen LogP contribution in [0.5, 0.6) is 5.75 Å². The Morgan fingerprint density at radius 2 is 1.82 bits per heavy atom. The molecule has 194 valence electrons. The first-order valence-electron chi connectivity index (χ1n) is 12.8. The molecule has 1 fully saturated rings. The molecule has 2 heterocycles. The molecular formula is C31H30N2O4S. The predicted octanol–water partition coefficient (Wildman–Crippen LogP) is 6.89. The third kappa shape index (κ3) is 4.58. The monoisotopic (exact) mass is 526 g/mol. The zero-order valence-electron chi connectivity index (χ0n) is 21.9. The normalized spacial score (nSPS) is 16.9. The minimum atomic E-state index is -0.817. The van der Waals surface area contributed by atoms with E-state index in [0.29, 0.717) is 23.1 Å². The first-order valence-corrected chi connectivity index (χ1v) is 13.6. The molecule has 38 heavy (non-hydrogen) atoms. The van der Waals surface area contributed by atoms with Crippen LogP contribution in [0.4, 0.5) is 5.13 Å². The van der Waals surface area contributed by atoms with Crippen molar-refractivity contribution in [1.82, 2.24) is 4.98 Å². The number of aliphatic hydroxyl groups is 1. The number of rotatable bonds is 7. The van der Waals surface area contributed by atoms with Crippen molar-refractivity contribution in [2.75, 3.05) is 11.5 Å². The number of aryl methyl sites for hydroxylation is 3. The van der Waals surface area contributed by atoms with Crippen LogP contribution in [0, 0.1) is 13.8 Å². The number of ketones is 1. The molecule has 5 rings (SSSR count). The molecule has 0 saturated carbocycles. The molecule has 1 aromatic heterocycles. The molecule has 0 bridgehead atoms. The molecule has 7 heteroatoms. The summed E-state index contributed by atoms with van der Waals surface area (Å²) in [4.78, 5) is 33.3. The number of carbonyl (C=O) groups is 2. The molecule has 1 atom stereocenters. The number of ether oxygens (including phenoxy) is 1. The molecule has 1 amide bonds. The van der Waals surface area contributed by atoms with E-state index >= 15 is 0 Å². The second-order valence-electron chi connectivity index (χ2n) is 9.57. The van der Waals surface area contributed by atoms with Crippen LogP contribution in [0.2, 0.25) is 0 Å². The van der Waals surface area contributed by atoms with Crippen molar-refractivity contribution < 1.29 is 19.4 Å². The number of benzene rings is 3. The van der Waals surface area contributed by atoms with Crippen LogP contribution >= 0.6 is 11.3 Å². The van der Waals surface area contributed by atoms with E-state index in [1.807, 2.05) is 51.1 Å². The van der Waals surface area contributed by atoms with E-state index in [0.717, 1.165) is 45.3 Å². The van der Waals surface area contributed by atoms with Crippen LogP contribution in [0.15, 0.2) is 66.2 Å². The van der Waals surface area contributed by atoms with E-state index in [-0.39, 0.29) is 11.3 Å². The van der Waals surface area contributed by atoms with Gasteiger partial charge in [0, 0.05) is 5.56 Å². The molecular weight excluding hydrogens is 496 g/mol. The molecule has 1 N–H and O–H groups in total. The van der Waals surface area contributed by atoms with Crippen molar-refractivity contribution in [3.8, 4) is 5.75 Å². The number of aliphatic hydroxyl groups excluding tert-OH is 1. The van der Waals surface area contributed by atoms with Crippen LogP contribution < -0.4 is 9.64 Å². The van der Waals surface area contributed by atoms with E-state index in [1.165, 1.54) is 16.2 Å². The highest BCUT2D eigenvalue weighted by Gasteiger charge is 2.48. The van der Waals surface area contributed by atoms with Crippen molar-refractivity contribution in [2.24, 2.45) is 0 Å². The van der Waals surface area contributed by atoms with E-state index in [1.54, 1.807) is 24.3 Å². The van der Waals surface area contributed by atoms with Gasteiger partial charge in [-0.05, 0) is 67.1 Å².